The topological polar surface area (TPSA) is 58.6 Å². The van der Waals surface area contributed by atoms with Crippen LogP contribution in [0.4, 0.5) is 4.79 Å². The van der Waals surface area contributed by atoms with Gasteiger partial charge in [-0.25, -0.2) is 4.79 Å². The second-order valence-electron chi connectivity index (χ2n) is 6.75. The molecule has 1 heterocycles. The number of nitrogens with zero attached hydrogens (tertiary/aromatic N) is 1. The number of halogens is 1. The fourth-order valence-corrected chi connectivity index (χ4v) is 2.65. The molecule has 1 aliphatic rings. The summed E-state index contributed by atoms with van der Waals surface area (Å²) in [5, 5.41) is 2.63. The molecular formula is C17H23ClN2O3. The molecule has 1 aromatic rings. The number of amides is 2. The van der Waals surface area contributed by atoms with Crippen LogP contribution >= 0.6 is 11.6 Å². The number of likely N-dealkylation sites (tertiary alicyclic amines) is 1. The highest BCUT2D eigenvalue weighted by Crippen LogP contribution is 2.19. The first-order valence-electron chi connectivity index (χ1n) is 7.69. The molecule has 0 saturated carbocycles. The first-order valence-corrected chi connectivity index (χ1v) is 8.13. The van der Waals surface area contributed by atoms with Crippen molar-refractivity contribution >= 4 is 23.6 Å². The number of benzene rings is 1. The van der Waals surface area contributed by atoms with E-state index in [0.29, 0.717) is 26.1 Å². The van der Waals surface area contributed by atoms with Gasteiger partial charge >= 0.3 is 6.09 Å². The number of hydrogen-bond acceptors (Lipinski definition) is 3. The van der Waals surface area contributed by atoms with E-state index in [4.69, 9.17) is 16.3 Å². The van der Waals surface area contributed by atoms with Crippen molar-refractivity contribution in [3.05, 3.63) is 35.4 Å². The lowest BCUT2D eigenvalue weighted by Gasteiger charge is -2.19. The second-order valence-corrected chi connectivity index (χ2v) is 7.36. The number of ether oxygens (including phenoxy) is 1. The summed E-state index contributed by atoms with van der Waals surface area (Å²) in [4.78, 5) is 25.1. The fraction of sp³-hybridized carbons (Fsp3) is 0.529. The Morgan fingerprint density at radius 2 is 1.91 bits per heavy atom. The predicted octanol–water partition coefficient (Wildman–Crippen LogP) is 3.05. The molecule has 0 aliphatic carbocycles. The summed E-state index contributed by atoms with van der Waals surface area (Å²) in [6, 6.07) is 7.79. The van der Waals surface area contributed by atoms with Crippen LogP contribution in [0.3, 0.4) is 0 Å². The molecule has 1 fully saturated rings. The van der Waals surface area contributed by atoms with Crippen molar-refractivity contribution in [1.82, 2.24) is 10.2 Å². The summed E-state index contributed by atoms with van der Waals surface area (Å²) in [6.45, 7) is 7.05. The standard InChI is InChI=1S/C17H23ClN2O3/c1-17(2,3)23-16(22)19-9-12-4-6-13(7-5-12)10-20-11-14(18)8-15(20)21/h4-7,14H,8-11H2,1-3H3,(H,19,22). The van der Waals surface area contributed by atoms with E-state index in [1.165, 1.54) is 0 Å². The van der Waals surface area contributed by atoms with Crippen LogP contribution in [0, 0.1) is 0 Å². The van der Waals surface area contributed by atoms with Crippen molar-refractivity contribution in [3.63, 3.8) is 0 Å². The van der Waals surface area contributed by atoms with Gasteiger partial charge in [-0.3, -0.25) is 4.79 Å². The number of rotatable bonds is 4. The fourth-order valence-electron chi connectivity index (χ4n) is 2.35. The Labute approximate surface area is 141 Å². The molecule has 2 rings (SSSR count). The van der Waals surface area contributed by atoms with Crippen molar-refractivity contribution < 1.29 is 14.3 Å². The third-order valence-electron chi connectivity index (χ3n) is 3.40. The Bertz CT molecular complexity index is 566. The highest BCUT2D eigenvalue weighted by Gasteiger charge is 2.27. The minimum Gasteiger partial charge on any atom is -0.444 e. The highest BCUT2D eigenvalue weighted by atomic mass is 35.5. The smallest absolute Gasteiger partial charge is 0.407 e. The Morgan fingerprint density at radius 1 is 1.30 bits per heavy atom. The van der Waals surface area contributed by atoms with E-state index in [2.05, 4.69) is 5.32 Å². The average Bonchev–Trinajstić information content (AvgIpc) is 2.74. The molecule has 2 amide bonds. The van der Waals surface area contributed by atoms with Crippen LogP contribution in [0.15, 0.2) is 24.3 Å². The molecule has 0 bridgehead atoms. The zero-order valence-electron chi connectivity index (χ0n) is 13.8. The van der Waals surface area contributed by atoms with Crippen molar-refractivity contribution in [3.8, 4) is 0 Å². The third-order valence-corrected chi connectivity index (χ3v) is 3.69. The van der Waals surface area contributed by atoms with Gasteiger partial charge in [-0.1, -0.05) is 24.3 Å². The summed E-state index contributed by atoms with van der Waals surface area (Å²) in [5.74, 6) is 0.0978. The van der Waals surface area contributed by atoms with E-state index in [9.17, 15) is 9.59 Å². The number of carbonyl (C=O) groups is 2. The monoisotopic (exact) mass is 338 g/mol. The van der Waals surface area contributed by atoms with Crippen molar-refractivity contribution in [2.24, 2.45) is 0 Å². The van der Waals surface area contributed by atoms with E-state index < -0.39 is 11.7 Å². The predicted molar refractivity (Wildman–Crippen MR) is 89.2 cm³/mol. The van der Waals surface area contributed by atoms with E-state index in [0.717, 1.165) is 11.1 Å². The third kappa shape index (κ3) is 5.75. The van der Waals surface area contributed by atoms with Gasteiger partial charge in [-0.05, 0) is 31.9 Å². The van der Waals surface area contributed by atoms with Gasteiger partial charge in [0.25, 0.3) is 0 Å². The van der Waals surface area contributed by atoms with Gasteiger partial charge in [0.05, 0.1) is 5.38 Å². The maximum Gasteiger partial charge on any atom is 0.407 e. The van der Waals surface area contributed by atoms with Gasteiger partial charge in [-0.15, -0.1) is 11.6 Å². The zero-order valence-corrected chi connectivity index (χ0v) is 14.5. The lowest BCUT2D eigenvalue weighted by Crippen LogP contribution is -2.32. The van der Waals surface area contributed by atoms with Crippen LogP contribution in [0.5, 0.6) is 0 Å². The molecule has 1 atom stereocenters. The highest BCUT2D eigenvalue weighted by molar-refractivity contribution is 6.22. The molecule has 23 heavy (non-hydrogen) atoms. The molecule has 0 aromatic heterocycles. The zero-order chi connectivity index (χ0) is 17.0. The van der Waals surface area contributed by atoms with E-state index in [1.807, 2.05) is 45.0 Å². The van der Waals surface area contributed by atoms with Crippen LogP contribution in [0.2, 0.25) is 0 Å². The molecule has 0 spiro atoms. The normalized spacial score (nSPS) is 18.2. The molecule has 1 saturated heterocycles. The van der Waals surface area contributed by atoms with Gasteiger partial charge in [0.15, 0.2) is 0 Å². The van der Waals surface area contributed by atoms with Crippen LogP contribution in [0.1, 0.15) is 38.3 Å². The number of alkyl halides is 1. The van der Waals surface area contributed by atoms with Gasteiger partial charge in [-0.2, -0.15) is 0 Å². The Hall–Kier alpha value is -1.75. The first kappa shape index (κ1) is 17.6. The first-order chi connectivity index (χ1) is 10.7. The molecule has 6 heteroatoms. The number of carbonyl (C=O) groups excluding carboxylic acids is 2. The maximum absolute atomic E-state index is 11.7. The quantitative estimate of drug-likeness (QED) is 0.858. The molecule has 1 aliphatic heterocycles. The van der Waals surface area contributed by atoms with Crippen LogP contribution in [0.25, 0.3) is 0 Å². The largest absolute Gasteiger partial charge is 0.444 e. The molecule has 126 valence electrons. The molecular weight excluding hydrogens is 316 g/mol. The minimum absolute atomic E-state index is 0.0835. The summed E-state index contributed by atoms with van der Waals surface area (Å²) in [7, 11) is 0. The number of hydrogen-bond donors (Lipinski definition) is 1. The molecule has 0 radical (unpaired) electrons. The SMILES string of the molecule is CC(C)(C)OC(=O)NCc1ccc(CN2CC(Cl)CC2=O)cc1. The summed E-state index contributed by atoms with van der Waals surface area (Å²) in [5.41, 5.74) is 1.52. The average molecular weight is 339 g/mol. The molecule has 5 nitrogen and oxygen atoms in total. The van der Waals surface area contributed by atoms with Crippen molar-refractivity contribution in [2.75, 3.05) is 6.54 Å². The Balaban J connectivity index is 1.83. The van der Waals surface area contributed by atoms with Gasteiger partial charge in [0, 0.05) is 26.1 Å². The van der Waals surface area contributed by atoms with E-state index in [1.54, 1.807) is 4.90 Å². The summed E-state index contributed by atoms with van der Waals surface area (Å²) < 4.78 is 5.19. The van der Waals surface area contributed by atoms with E-state index >= 15 is 0 Å². The molecule has 1 N–H and O–H groups in total. The van der Waals surface area contributed by atoms with Crippen LogP contribution < -0.4 is 5.32 Å². The molecule has 1 aromatic carbocycles. The lowest BCUT2D eigenvalue weighted by molar-refractivity contribution is -0.128. The summed E-state index contributed by atoms with van der Waals surface area (Å²) in [6.07, 6.45) is -0.0168. The van der Waals surface area contributed by atoms with Gasteiger partial charge < -0.3 is 15.0 Å². The van der Waals surface area contributed by atoms with Crippen LogP contribution in [-0.2, 0) is 22.6 Å². The Morgan fingerprint density at radius 3 is 2.43 bits per heavy atom. The summed E-state index contributed by atoms with van der Waals surface area (Å²) >= 11 is 6.00. The van der Waals surface area contributed by atoms with Crippen molar-refractivity contribution in [2.45, 2.75) is 51.3 Å². The van der Waals surface area contributed by atoms with Crippen molar-refractivity contribution in [1.29, 1.82) is 0 Å². The number of alkyl carbamates (subject to hydrolysis) is 1. The molecule has 1 unspecified atom stereocenters. The minimum atomic E-state index is -0.503. The maximum atomic E-state index is 11.7. The number of nitrogens with one attached hydrogen (secondary N) is 1. The van der Waals surface area contributed by atoms with E-state index in [-0.39, 0.29) is 11.3 Å². The van der Waals surface area contributed by atoms with Gasteiger partial charge in [0.1, 0.15) is 5.60 Å². The second kappa shape index (κ2) is 7.21. The lowest BCUT2D eigenvalue weighted by atomic mass is 10.1. The Kier molecular flexibility index (Phi) is 5.52. The van der Waals surface area contributed by atoms with Gasteiger partial charge in [0.2, 0.25) is 5.91 Å². The van der Waals surface area contributed by atoms with Crippen LogP contribution in [-0.4, -0.2) is 34.4 Å².